The Morgan fingerprint density at radius 3 is 2.44 bits per heavy atom. The van der Waals surface area contributed by atoms with Crippen LogP contribution in [0.2, 0.25) is 0 Å². The summed E-state index contributed by atoms with van der Waals surface area (Å²) in [6, 6.07) is 0. The highest BCUT2D eigenvalue weighted by Crippen LogP contribution is 2.67. The number of rotatable bonds is 1. The van der Waals surface area contributed by atoms with E-state index in [2.05, 4.69) is 13.8 Å². The fraction of sp³-hybridized carbons (Fsp3) is 0.909. The van der Waals surface area contributed by atoms with E-state index in [-0.39, 0.29) is 28.4 Å². The van der Waals surface area contributed by atoms with Crippen LogP contribution >= 0.6 is 0 Å². The number of aliphatic hydroxyl groups is 1. The molecule has 0 heterocycles. The molecule has 0 unspecified atom stereocenters. The Labute approximate surface area is 151 Å². The molecule has 0 aromatic heterocycles. The molecule has 0 aromatic carbocycles. The monoisotopic (exact) mass is 346 g/mol. The molecule has 4 rings (SSSR count). The minimum absolute atomic E-state index is 0.0535. The van der Waals surface area contributed by atoms with Crippen molar-refractivity contribution in [2.75, 3.05) is 0 Å². The molecule has 0 saturated heterocycles. The maximum Gasteiger partial charge on any atom is 0.137 e. The standard InChI is InChI=1S/C22H34O3/c1-13(23)16-7-8-17-15-6-5-14-11-20(2,25)9-10-21(14,3)19(15)18(24)12-22(16,17)4/h14-17,19,25H,5-12H2,1-4H3/t14-,15+,16-,17+,19-,20+,21+,22-/m1/s1. The molecule has 0 bridgehead atoms. The summed E-state index contributed by atoms with van der Waals surface area (Å²) in [5, 5.41) is 10.6. The summed E-state index contributed by atoms with van der Waals surface area (Å²) < 4.78 is 0. The molecule has 0 spiro atoms. The Morgan fingerprint density at radius 1 is 1.04 bits per heavy atom. The van der Waals surface area contributed by atoms with Crippen molar-refractivity contribution in [2.24, 2.45) is 40.4 Å². The van der Waals surface area contributed by atoms with Crippen molar-refractivity contribution in [1.82, 2.24) is 0 Å². The molecule has 25 heavy (non-hydrogen) atoms. The van der Waals surface area contributed by atoms with Gasteiger partial charge in [-0.2, -0.15) is 0 Å². The lowest BCUT2D eigenvalue weighted by Gasteiger charge is -2.60. The van der Waals surface area contributed by atoms with E-state index >= 15 is 0 Å². The summed E-state index contributed by atoms with van der Waals surface area (Å²) in [4.78, 5) is 25.6. The molecule has 4 aliphatic rings. The zero-order chi connectivity index (χ0) is 18.2. The maximum absolute atomic E-state index is 13.4. The normalized spacial score (nSPS) is 55.2. The molecule has 4 saturated carbocycles. The van der Waals surface area contributed by atoms with Crippen LogP contribution < -0.4 is 0 Å². The van der Waals surface area contributed by atoms with Crippen LogP contribution in [-0.2, 0) is 9.59 Å². The largest absolute Gasteiger partial charge is 0.390 e. The van der Waals surface area contributed by atoms with Crippen LogP contribution in [0.3, 0.4) is 0 Å². The Hall–Kier alpha value is -0.700. The van der Waals surface area contributed by atoms with Crippen molar-refractivity contribution in [3.05, 3.63) is 0 Å². The van der Waals surface area contributed by atoms with E-state index < -0.39 is 5.60 Å². The summed E-state index contributed by atoms with van der Waals surface area (Å²) in [6.07, 6.45) is 7.57. The van der Waals surface area contributed by atoms with Gasteiger partial charge in [0.25, 0.3) is 0 Å². The first-order chi connectivity index (χ1) is 11.6. The van der Waals surface area contributed by atoms with Gasteiger partial charge in [0, 0.05) is 18.3 Å². The highest BCUT2D eigenvalue weighted by Gasteiger charge is 2.64. The number of hydrogen-bond donors (Lipinski definition) is 1. The fourth-order valence-corrected chi connectivity index (χ4v) is 7.91. The van der Waals surface area contributed by atoms with Crippen molar-refractivity contribution in [1.29, 1.82) is 0 Å². The van der Waals surface area contributed by atoms with Gasteiger partial charge in [0.2, 0.25) is 0 Å². The third kappa shape index (κ3) is 2.40. The third-order valence-electron chi connectivity index (χ3n) is 9.13. The summed E-state index contributed by atoms with van der Waals surface area (Å²) >= 11 is 0. The predicted octanol–water partition coefficient (Wildman–Crippen LogP) is 4.16. The predicted molar refractivity (Wildman–Crippen MR) is 96.9 cm³/mol. The molecule has 0 amide bonds. The van der Waals surface area contributed by atoms with Crippen LogP contribution in [0, 0.1) is 40.4 Å². The summed E-state index contributed by atoms with van der Waals surface area (Å²) in [6.45, 7) is 8.25. The lowest BCUT2D eigenvalue weighted by molar-refractivity contribution is -0.168. The zero-order valence-corrected chi connectivity index (χ0v) is 16.3. The van der Waals surface area contributed by atoms with Crippen molar-refractivity contribution in [3.63, 3.8) is 0 Å². The quantitative estimate of drug-likeness (QED) is 0.775. The molecular formula is C22H34O3. The number of hydrogen-bond acceptors (Lipinski definition) is 3. The molecule has 4 aliphatic carbocycles. The second-order valence-electron chi connectivity index (χ2n) is 10.6. The molecule has 8 atom stereocenters. The van der Waals surface area contributed by atoms with Crippen LogP contribution in [0.25, 0.3) is 0 Å². The minimum atomic E-state index is -0.559. The van der Waals surface area contributed by atoms with Crippen LogP contribution in [0.5, 0.6) is 0 Å². The third-order valence-corrected chi connectivity index (χ3v) is 9.13. The van der Waals surface area contributed by atoms with Gasteiger partial charge in [-0.3, -0.25) is 9.59 Å². The lowest BCUT2D eigenvalue weighted by Crippen LogP contribution is -2.59. The summed E-state index contributed by atoms with van der Waals surface area (Å²) in [5.74, 6) is 2.40. The zero-order valence-electron chi connectivity index (χ0n) is 16.3. The second-order valence-corrected chi connectivity index (χ2v) is 10.6. The van der Waals surface area contributed by atoms with Gasteiger partial charge in [-0.25, -0.2) is 0 Å². The Kier molecular flexibility index (Phi) is 3.83. The number of carbonyl (C=O) groups excluding carboxylic acids is 2. The Balaban J connectivity index is 1.68. The number of carbonyl (C=O) groups is 2. The van der Waals surface area contributed by atoms with Gasteiger partial charge in [-0.15, -0.1) is 0 Å². The van der Waals surface area contributed by atoms with Gasteiger partial charge >= 0.3 is 0 Å². The van der Waals surface area contributed by atoms with E-state index in [1.165, 1.54) is 0 Å². The Bertz CT molecular complexity index is 608. The topological polar surface area (TPSA) is 54.4 Å². The van der Waals surface area contributed by atoms with Crippen LogP contribution in [0.15, 0.2) is 0 Å². The summed E-state index contributed by atoms with van der Waals surface area (Å²) in [7, 11) is 0. The molecule has 0 aliphatic heterocycles. The maximum atomic E-state index is 13.4. The molecule has 0 aromatic rings. The Morgan fingerprint density at radius 2 is 1.76 bits per heavy atom. The molecule has 140 valence electrons. The van der Waals surface area contributed by atoms with Crippen molar-refractivity contribution >= 4 is 11.6 Å². The van der Waals surface area contributed by atoms with Crippen molar-refractivity contribution in [3.8, 4) is 0 Å². The van der Waals surface area contributed by atoms with E-state index in [0.29, 0.717) is 30.0 Å². The first kappa shape index (κ1) is 17.7. The highest BCUT2D eigenvalue weighted by atomic mass is 16.3. The molecule has 0 radical (unpaired) electrons. The summed E-state index contributed by atoms with van der Waals surface area (Å²) in [5.41, 5.74) is -0.609. The number of ketones is 2. The van der Waals surface area contributed by atoms with E-state index in [9.17, 15) is 14.7 Å². The second kappa shape index (κ2) is 5.41. The van der Waals surface area contributed by atoms with Gasteiger partial charge in [0.15, 0.2) is 0 Å². The minimum Gasteiger partial charge on any atom is -0.390 e. The van der Waals surface area contributed by atoms with Gasteiger partial charge in [-0.05, 0) is 87.4 Å². The molecule has 4 fully saturated rings. The van der Waals surface area contributed by atoms with Crippen LogP contribution in [0.1, 0.15) is 79.1 Å². The first-order valence-corrected chi connectivity index (χ1v) is 10.3. The number of Topliss-reactive ketones (excluding diaryl/α,β-unsaturated/α-hetero) is 2. The van der Waals surface area contributed by atoms with E-state index in [1.807, 2.05) is 6.92 Å². The molecule has 3 heteroatoms. The van der Waals surface area contributed by atoms with Crippen LogP contribution in [0.4, 0.5) is 0 Å². The van der Waals surface area contributed by atoms with Gasteiger partial charge < -0.3 is 5.11 Å². The lowest BCUT2D eigenvalue weighted by atomic mass is 9.43. The van der Waals surface area contributed by atoms with E-state index in [1.54, 1.807) is 6.92 Å². The van der Waals surface area contributed by atoms with Crippen LogP contribution in [-0.4, -0.2) is 22.3 Å². The van der Waals surface area contributed by atoms with E-state index in [4.69, 9.17) is 0 Å². The average molecular weight is 347 g/mol. The molecule has 3 nitrogen and oxygen atoms in total. The average Bonchev–Trinajstić information content (AvgIpc) is 2.84. The van der Waals surface area contributed by atoms with Gasteiger partial charge in [0.05, 0.1) is 5.60 Å². The van der Waals surface area contributed by atoms with Crippen molar-refractivity contribution < 1.29 is 14.7 Å². The molecule has 1 N–H and O–H groups in total. The van der Waals surface area contributed by atoms with Gasteiger partial charge in [0.1, 0.15) is 11.6 Å². The van der Waals surface area contributed by atoms with Crippen molar-refractivity contribution in [2.45, 2.75) is 84.7 Å². The number of fused-ring (bicyclic) bond motifs is 5. The fourth-order valence-electron chi connectivity index (χ4n) is 7.91. The SMILES string of the molecule is CC(=O)[C@H]1CC[C@H]2[C@@H]3CC[C@@H]4C[C@@](C)(O)CC[C@]4(C)[C@H]3C(=O)C[C@]12C. The first-order valence-electron chi connectivity index (χ1n) is 10.3. The molecular weight excluding hydrogens is 312 g/mol. The smallest absolute Gasteiger partial charge is 0.137 e. The van der Waals surface area contributed by atoms with Gasteiger partial charge in [-0.1, -0.05) is 13.8 Å². The van der Waals surface area contributed by atoms with E-state index in [0.717, 1.165) is 44.9 Å². The highest BCUT2D eigenvalue weighted by molar-refractivity contribution is 5.87.